The molecule has 34 heavy (non-hydrogen) atoms. The first kappa shape index (κ1) is 26.4. The Morgan fingerprint density at radius 1 is 0.853 bits per heavy atom. The van der Waals surface area contributed by atoms with Crippen LogP contribution in [0.3, 0.4) is 0 Å². The zero-order valence-corrected chi connectivity index (χ0v) is 19.3. The third-order valence-corrected chi connectivity index (χ3v) is 4.89. The molecule has 0 heterocycles. The number of carbonyl (C=O) groups excluding carboxylic acids is 2. The molecule has 0 bridgehead atoms. The minimum atomic E-state index is -1.79. The summed E-state index contributed by atoms with van der Waals surface area (Å²) in [6.07, 6.45) is -0.208. The van der Waals surface area contributed by atoms with Gasteiger partial charge in [0.15, 0.2) is 11.6 Å². The predicted molar refractivity (Wildman–Crippen MR) is 123 cm³/mol. The average molecular weight is 470 g/mol. The first-order valence-corrected chi connectivity index (χ1v) is 10.6. The van der Waals surface area contributed by atoms with Crippen LogP contribution in [0, 0.1) is 5.41 Å². The monoisotopic (exact) mass is 470 g/mol. The Labute approximate surface area is 196 Å². The molecule has 2 aromatic rings. The van der Waals surface area contributed by atoms with E-state index in [1.807, 2.05) is 20.8 Å². The number of halogens is 1. The summed E-state index contributed by atoms with van der Waals surface area (Å²) in [5, 5.41) is 18.3. The van der Waals surface area contributed by atoms with Crippen LogP contribution in [0.4, 0.5) is 4.39 Å². The molecule has 0 saturated heterocycles. The topological polar surface area (TPSA) is 118 Å². The number of ether oxygens (including phenoxy) is 1. The van der Waals surface area contributed by atoms with Gasteiger partial charge in [0.25, 0.3) is 0 Å². The zero-order valence-electron chi connectivity index (χ0n) is 19.3. The van der Waals surface area contributed by atoms with E-state index in [0.29, 0.717) is 17.7 Å². The van der Waals surface area contributed by atoms with Crippen molar-refractivity contribution < 1.29 is 38.5 Å². The molecule has 2 N–H and O–H groups in total. The Kier molecular flexibility index (Phi) is 8.83. The van der Waals surface area contributed by atoms with Crippen molar-refractivity contribution in [1.82, 2.24) is 0 Å². The van der Waals surface area contributed by atoms with Crippen molar-refractivity contribution in [1.29, 1.82) is 0 Å². The molecule has 7 nitrogen and oxygen atoms in total. The molecule has 180 valence electrons. The number of Topliss-reactive ketones (excluding diaryl/α,β-unsaturated/α-hetero) is 2. The largest absolute Gasteiger partial charge is 0.489 e. The molecule has 0 unspecified atom stereocenters. The second kappa shape index (κ2) is 11.4. The van der Waals surface area contributed by atoms with E-state index >= 15 is 0 Å². The van der Waals surface area contributed by atoms with Crippen LogP contribution in [0.5, 0.6) is 5.75 Å². The number of hydrogen-bond acceptors (Lipinski definition) is 5. The maximum Gasteiger partial charge on any atom is 0.364 e. The van der Waals surface area contributed by atoms with Crippen molar-refractivity contribution in [3.8, 4) is 5.75 Å². The van der Waals surface area contributed by atoms with E-state index in [2.05, 4.69) is 0 Å². The van der Waals surface area contributed by atoms with Crippen LogP contribution in [-0.4, -0.2) is 40.3 Å². The van der Waals surface area contributed by atoms with Crippen molar-refractivity contribution in [3.63, 3.8) is 0 Å². The smallest absolute Gasteiger partial charge is 0.364 e. The Balaban J connectivity index is 2.09. The van der Waals surface area contributed by atoms with Gasteiger partial charge in [0.1, 0.15) is 12.4 Å². The summed E-state index contributed by atoms with van der Waals surface area (Å²) in [7, 11) is 0. The van der Waals surface area contributed by atoms with Crippen LogP contribution in [0.1, 0.15) is 71.1 Å². The number of carbonyl (C=O) groups is 4. The van der Waals surface area contributed by atoms with Gasteiger partial charge in [-0.1, -0.05) is 39.0 Å². The molecule has 0 atom stereocenters. The maximum absolute atomic E-state index is 14.2. The van der Waals surface area contributed by atoms with Gasteiger partial charge >= 0.3 is 11.9 Å². The first-order chi connectivity index (χ1) is 15.9. The van der Waals surface area contributed by atoms with Gasteiger partial charge in [0.05, 0.1) is 5.56 Å². The highest BCUT2D eigenvalue weighted by Crippen LogP contribution is 2.24. The molecule has 8 heteroatoms. The van der Waals surface area contributed by atoms with E-state index in [-0.39, 0.29) is 40.7 Å². The van der Waals surface area contributed by atoms with Crippen LogP contribution in [0.25, 0.3) is 0 Å². The third-order valence-electron chi connectivity index (χ3n) is 4.89. The van der Waals surface area contributed by atoms with Gasteiger partial charge < -0.3 is 14.9 Å². The molecule has 0 aromatic heterocycles. The van der Waals surface area contributed by atoms with Gasteiger partial charge in [0.2, 0.25) is 5.83 Å². The van der Waals surface area contributed by atoms with Gasteiger partial charge in [-0.05, 0) is 42.2 Å². The number of rotatable bonds is 11. The van der Waals surface area contributed by atoms with Crippen molar-refractivity contribution in [2.75, 3.05) is 6.61 Å². The Bertz CT molecular complexity index is 1110. The number of aromatic carboxylic acids is 1. The molecular formula is C26H27FO7. The quantitative estimate of drug-likeness (QED) is 0.335. The number of ketones is 2. The SMILES string of the molecule is CC(C)(C)CC(=O)c1ccc(OC/C(CCC(=O)c2ccccc2C(=O)O)=C(/F)C(=O)O)cc1. The molecule has 0 radical (unpaired) electrons. The summed E-state index contributed by atoms with van der Waals surface area (Å²) in [5.74, 6) is -4.79. The lowest BCUT2D eigenvalue weighted by Gasteiger charge is -2.17. The number of carboxylic acids is 2. The average Bonchev–Trinajstić information content (AvgIpc) is 2.77. The Hall–Kier alpha value is -3.81. The van der Waals surface area contributed by atoms with E-state index in [1.165, 1.54) is 36.4 Å². The number of aliphatic carboxylic acids is 1. The number of hydrogen-bond donors (Lipinski definition) is 2. The van der Waals surface area contributed by atoms with E-state index in [9.17, 15) is 28.7 Å². The fourth-order valence-electron chi connectivity index (χ4n) is 3.20. The van der Waals surface area contributed by atoms with E-state index < -0.39 is 30.2 Å². The van der Waals surface area contributed by atoms with Crippen molar-refractivity contribution in [3.05, 3.63) is 76.6 Å². The summed E-state index contributed by atoms with van der Waals surface area (Å²) in [6.45, 7) is 5.44. The normalized spacial score (nSPS) is 12.0. The molecule has 0 saturated carbocycles. The van der Waals surface area contributed by atoms with Crippen molar-refractivity contribution in [2.45, 2.75) is 40.0 Å². The second-order valence-electron chi connectivity index (χ2n) is 8.97. The molecule has 0 spiro atoms. The predicted octanol–water partition coefficient (Wildman–Crippen LogP) is 5.35. The molecule has 2 rings (SSSR count). The highest BCUT2D eigenvalue weighted by atomic mass is 19.1. The highest BCUT2D eigenvalue weighted by molar-refractivity contribution is 6.05. The third kappa shape index (κ3) is 7.65. The molecule has 0 amide bonds. The molecule has 0 aliphatic carbocycles. The van der Waals surface area contributed by atoms with E-state index in [0.717, 1.165) is 0 Å². The molecule has 2 aromatic carbocycles. The Morgan fingerprint density at radius 2 is 1.44 bits per heavy atom. The minimum Gasteiger partial charge on any atom is -0.489 e. The van der Waals surface area contributed by atoms with Crippen LogP contribution in [0.2, 0.25) is 0 Å². The van der Waals surface area contributed by atoms with Crippen LogP contribution >= 0.6 is 0 Å². The number of carboxylic acid groups (broad SMARTS) is 2. The van der Waals surface area contributed by atoms with Crippen LogP contribution in [-0.2, 0) is 4.79 Å². The lowest BCUT2D eigenvalue weighted by molar-refractivity contribution is -0.134. The maximum atomic E-state index is 14.2. The summed E-state index contributed by atoms with van der Waals surface area (Å²) in [4.78, 5) is 47.3. The number of benzene rings is 2. The van der Waals surface area contributed by atoms with Gasteiger partial charge in [0, 0.05) is 29.5 Å². The van der Waals surface area contributed by atoms with Crippen molar-refractivity contribution >= 4 is 23.5 Å². The Morgan fingerprint density at radius 3 is 1.97 bits per heavy atom. The molecule has 0 aliphatic rings. The van der Waals surface area contributed by atoms with Gasteiger partial charge in [-0.25, -0.2) is 9.59 Å². The summed E-state index contributed by atoms with van der Waals surface area (Å²) >= 11 is 0. The summed E-state index contributed by atoms with van der Waals surface area (Å²) in [6, 6.07) is 11.8. The second-order valence-corrected chi connectivity index (χ2v) is 8.97. The van der Waals surface area contributed by atoms with Gasteiger partial charge in [-0.15, -0.1) is 0 Å². The van der Waals surface area contributed by atoms with Crippen LogP contribution in [0.15, 0.2) is 59.9 Å². The van der Waals surface area contributed by atoms with Gasteiger partial charge in [-0.2, -0.15) is 4.39 Å². The summed E-state index contributed by atoms with van der Waals surface area (Å²) < 4.78 is 19.7. The van der Waals surface area contributed by atoms with E-state index in [4.69, 9.17) is 9.84 Å². The lowest BCUT2D eigenvalue weighted by Crippen LogP contribution is -2.13. The first-order valence-electron chi connectivity index (χ1n) is 10.6. The zero-order chi connectivity index (χ0) is 25.5. The minimum absolute atomic E-state index is 0.0308. The molecule has 0 aliphatic heterocycles. The fraction of sp³-hybridized carbons (Fsp3) is 0.308. The lowest BCUT2D eigenvalue weighted by atomic mass is 9.88. The van der Waals surface area contributed by atoms with Gasteiger partial charge in [-0.3, -0.25) is 9.59 Å². The summed E-state index contributed by atoms with van der Waals surface area (Å²) in [5.41, 5.74) is -0.141. The highest BCUT2D eigenvalue weighted by Gasteiger charge is 2.20. The van der Waals surface area contributed by atoms with Crippen LogP contribution < -0.4 is 4.74 Å². The molecular weight excluding hydrogens is 443 g/mol. The molecule has 0 fully saturated rings. The van der Waals surface area contributed by atoms with Crippen molar-refractivity contribution in [2.24, 2.45) is 5.41 Å². The fourth-order valence-corrected chi connectivity index (χ4v) is 3.20. The standard InChI is InChI=1S/C26H27FO7/c1-26(2,3)14-22(29)16-8-11-18(12-9-16)34-15-17(23(27)25(32)33)10-13-21(28)19-6-4-5-7-20(19)24(30)31/h4-9,11-12H,10,13-15H2,1-3H3,(H,30,31)(H,32,33)/b23-17+. The van der Waals surface area contributed by atoms with E-state index in [1.54, 1.807) is 12.1 Å².